The molecular formula is C11H17NO4. The largest absolute Gasteiger partial charge is 0.504 e. The predicted molar refractivity (Wildman–Crippen MR) is 60.0 cm³/mol. The molecule has 0 aliphatic rings. The fourth-order valence-corrected chi connectivity index (χ4v) is 1.58. The van der Waals surface area contributed by atoms with Gasteiger partial charge in [-0.1, -0.05) is 0 Å². The molecule has 0 aromatic heterocycles. The molecule has 0 aliphatic heterocycles. The van der Waals surface area contributed by atoms with Gasteiger partial charge in [0.05, 0.1) is 26.9 Å². The molecule has 1 aromatic rings. The van der Waals surface area contributed by atoms with E-state index in [1.165, 1.54) is 14.2 Å². The van der Waals surface area contributed by atoms with E-state index in [0.29, 0.717) is 22.6 Å². The number of aliphatic hydroxyl groups is 1. The first kappa shape index (κ1) is 12.6. The van der Waals surface area contributed by atoms with E-state index in [2.05, 4.69) is 0 Å². The van der Waals surface area contributed by atoms with Gasteiger partial charge in [0.1, 0.15) is 5.75 Å². The molecular weight excluding hydrogens is 210 g/mol. The Kier molecular flexibility index (Phi) is 3.98. The lowest BCUT2D eigenvalue weighted by Gasteiger charge is -2.17. The van der Waals surface area contributed by atoms with Gasteiger partial charge in [0.25, 0.3) is 0 Å². The molecule has 1 atom stereocenters. The Balaban J connectivity index is 3.40. The Hall–Kier alpha value is -1.46. The molecule has 4 N–H and O–H groups in total. The third kappa shape index (κ3) is 2.05. The van der Waals surface area contributed by atoms with Crippen molar-refractivity contribution in [2.24, 2.45) is 5.73 Å². The first-order valence-electron chi connectivity index (χ1n) is 4.87. The lowest BCUT2D eigenvalue weighted by molar-refractivity contribution is 0.263. The van der Waals surface area contributed by atoms with E-state index >= 15 is 0 Å². The van der Waals surface area contributed by atoms with Crippen LogP contribution in [0.15, 0.2) is 6.07 Å². The van der Waals surface area contributed by atoms with Crippen molar-refractivity contribution in [3.63, 3.8) is 0 Å². The third-order valence-electron chi connectivity index (χ3n) is 2.51. The van der Waals surface area contributed by atoms with Crippen LogP contribution in [0.4, 0.5) is 0 Å². The van der Waals surface area contributed by atoms with Crippen molar-refractivity contribution in [1.29, 1.82) is 0 Å². The van der Waals surface area contributed by atoms with Crippen molar-refractivity contribution in [2.75, 3.05) is 20.8 Å². The van der Waals surface area contributed by atoms with Gasteiger partial charge in [-0.2, -0.15) is 0 Å². The molecule has 90 valence electrons. The summed E-state index contributed by atoms with van der Waals surface area (Å²) >= 11 is 0. The average molecular weight is 227 g/mol. The first-order valence-corrected chi connectivity index (χ1v) is 4.87. The van der Waals surface area contributed by atoms with Gasteiger partial charge in [0.2, 0.25) is 0 Å². The molecule has 0 saturated heterocycles. The topological polar surface area (TPSA) is 84.9 Å². The van der Waals surface area contributed by atoms with Crippen molar-refractivity contribution in [1.82, 2.24) is 0 Å². The van der Waals surface area contributed by atoms with E-state index < -0.39 is 6.04 Å². The van der Waals surface area contributed by atoms with Gasteiger partial charge in [-0.05, 0) is 13.0 Å². The summed E-state index contributed by atoms with van der Waals surface area (Å²) in [5, 5.41) is 18.9. The Bertz CT molecular complexity index is 379. The number of aliphatic hydroxyl groups excluding tert-OH is 1. The monoisotopic (exact) mass is 227 g/mol. The molecule has 1 rings (SSSR count). The number of nitrogens with two attached hydrogens (primary N) is 1. The van der Waals surface area contributed by atoms with Gasteiger partial charge >= 0.3 is 0 Å². The highest BCUT2D eigenvalue weighted by Gasteiger charge is 2.19. The van der Waals surface area contributed by atoms with E-state index in [0.717, 1.165) is 0 Å². The van der Waals surface area contributed by atoms with Gasteiger partial charge in [-0.25, -0.2) is 0 Å². The Morgan fingerprint density at radius 1 is 1.38 bits per heavy atom. The van der Waals surface area contributed by atoms with Crippen LogP contribution in [0, 0.1) is 6.92 Å². The van der Waals surface area contributed by atoms with Crippen LogP contribution in [0.1, 0.15) is 17.2 Å². The van der Waals surface area contributed by atoms with Crippen molar-refractivity contribution >= 4 is 0 Å². The summed E-state index contributed by atoms with van der Waals surface area (Å²) in [6, 6.07) is 0.942. The van der Waals surface area contributed by atoms with Gasteiger partial charge in [0, 0.05) is 11.1 Å². The summed E-state index contributed by atoms with van der Waals surface area (Å²) in [5.74, 6) is 0.828. The van der Waals surface area contributed by atoms with E-state index in [1.54, 1.807) is 13.0 Å². The van der Waals surface area contributed by atoms with Gasteiger partial charge in [0.15, 0.2) is 11.5 Å². The highest BCUT2D eigenvalue weighted by atomic mass is 16.5. The molecule has 0 spiro atoms. The van der Waals surface area contributed by atoms with Crippen molar-refractivity contribution < 1.29 is 19.7 Å². The second-order valence-corrected chi connectivity index (χ2v) is 3.46. The molecule has 0 radical (unpaired) electrons. The van der Waals surface area contributed by atoms with Gasteiger partial charge in [-0.3, -0.25) is 0 Å². The molecule has 16 heavy (non-hydrogen) atoms. The fourth-order valence-electron chi connectivity index (χ4n) is 1.58. The standard InChI is InChI=1S/C11H17NO4/c1-6-9(15-2)4-7(8(12)5-13)10(14)11(6)16-3/h4,8,13-14H,5,12H2,1-3H3/t8-/m1/s1. The molecule has 5 heteroatoms. The Morgan fingerprint density at radius 3 is 2.44 bits per heavy atom. The molecule has 5 nitrogen and oxygen atoms in total. The number of rotatable bonds is 4. The molecule has 0 unspecified atom stereocenters. The second kappa shape index (κ2) is 5.05. The van der Waals surface area contributed by atoms with Crippen LogP contribution in [0.2, 0.25) is 0 Å². The first-order chi connectivity index (χ1) is 7.56. The minimum absolute atomic E-state index is 0.0534. The van der Waals surface area contributed by atoms with E-state index in [1.807, 2.05) is 0 Å². The SMILES string of the molecule is COc1cc([C@H](N)CO)c(O)c(OC)c1C. The maximum absolute atomic E-state index is 9.92. The molecule has 0 aliphatic carbocycles. The van der Waals surface area contributed by atoms with Crippen LogP contribution in [0.25, 0.3) is 0 Å². The molecule has 0 amide bonds. The lowest BCUT2D eigenvalue weighted by Crippen LogP contribution is -2.15. The van der Waals surface area contributed by atoms with Crippen LogP contribution in [0.5, 0.6) is 17.2 Å². The van der Waals surface area contributed by atoms with Gasteiger partial charge < -0.3 is 25.4 Å². The van der Waals surface area contributed by atoms with E-state index in [-0.39, 0.29) is 12.4 Å². The van der Waals surface area contributed by atoms with E-state index in [4.69, 9.17) is 20.3 Å². The van der Waals surface area contributed by atoms with Crippen LogP contribution in [-0.4, -0.2) is 31.0 Å². The highest BCUT2D eigenvalue weighted by Crippen LogP contribution is 2.41. The zero-order chi connectivity index (χ0) is 12.3. The number of hydrogen-bond acceptors (Lipinski definition) is 5. The summed E-state index contributed by atoms with van der Waals surface area (Å²) in [6.45, 7) is 1.51. The maximum atomic E-state index is 9.92. The van der Waals surface area contributed by atoms with Crippen molar-refractivity contribution in [2.45, 2.75) is 13.0 Å². The number of phenolic OH excluding ortho intramolecular Hbond substituents is 1. The summed E-state index contributed by atoms with van der Waals surface area (Å²) < 4.78 is 10.2. The fraction of sp³-hybridized carbons (Fsp3) is 0.455. The number of hydrogen-bond donors (Lipinski definition) is 3. The number of phenols is 1. The zero-order valence-electron chi connectivity index (χ0n) is 9.65. The maximum Gasteiger partial charge on any atom is 0.167 e. The lowest BCUT2D eigenvalue weighted by atomic mass is 10.0. The predicted octanol–water partition coefficient (Wildman–Crippen LogP) is 0.710. The summed E-state index contributed by atoms with van der Waals surface area (Å²) in [6.07, 6.45) is 0. The van der Waals surface area contributed by atoms with Crippen LogP contribution >= 0.6 is 0 Å². The second-order valence-electron chi connectivity index (χ2n) is 3.46. The van der Waals surface area contributed by atoms with Crippen LogP contribution in [0.3, 0.4) is 0 Å². The molecule has 0 bridgehead atoms. The molecule has 0 saturated carbocycles. The number of aromatic hydroxyl groups is 1. The smallest absolute Gasteiger partial charge is 0.167 e. The summed E-state index contributed by atoms with van der Waals surface area (Å²) in [5.41, 5.74) is 6.77. The minimum Gasteiger partial charge on any atom is -0.504 e. The number of benzene rings is 1. The highest BCUT2D eigenvalue weighted by molar-refractivity contribution is 5.58. The minimum atomic E-state index is -0.664. The number of methoxy groups -OCH3 is 2. The molecule has 0 fully saturated rings. The zero-order valence-corrected chi connectivity index (χ0v) is 9.65. The molecule has 0 heterocycles. The Labute approximate surface area is 94.4 Å². The normalized spacial score (nSPS) is 12.3. The van der Waals surface area contributed by atoms with E-state index in [9.17, 15) is 5.11 Å². The average Bonchev–Trinajstić information content (AvgIpc) is 2.29. The van der Waals surface area contributed by atoms with Crippen LogP contribution in [-0.2, 0) is 0 Å². The van der Waals surface area contributed by atoms with Crippen molar-refractivity contribution in [3.8, 4) is 17.2 Å². The molecule has 1 aromatic carbocycles. The number of ether oxygens (including phenoxy) is 2. The van der Waals surface area contributed by atoms with Gasteiger partial charge in [-0.15, -0.1) is 0 Å². The van der Waals surface area contributed by atoms with Crippen LogP contribution < -0.4 is 15.2 Å². The van der Waals surface area contributed by atoms with Crippen molar-refractivity contribution in [3.05, 3.63) is 17.2 Å². The summed E-state index contributed by atoms with van der Waals surface area (Å²) in [4.78, 5) is 0. The summed E-state index contributed by atoms with van der Waals surface area (Å²) in [7, 11) is 2.98. The third-order valence-corrected chi connectivity index (χ3v) is 2.51. The Morgan fingerprint density at radius 2 is 2.00 bits per heavy atom. The quantitative estimate of drug-likeness (QED) is 0.705.